The molecule has 8 nitrogen and oxygen atoms in total. The minimum atomic E-state index is -1.02. The molecule has 0 unspecified atom stereocenters. The zero-order valence-electron chi connectivity index (χ0n) is 11.5. The van der Waals surface area contributed by atoms with Crippen LogP contribution in [0.15, 0.2) is 0 Å². The first-order valence-corrected chi connectivity index (χ1v) is 6.50. The third-order valence-corrected chi connectivity index (χ3v) is 3.09. The number of hydrogen-bond acceptors (Lipinski definition) is 5. The molecule has 0 bridgehead atoms. The standard InChI is InChI=1S/C12H18N4O4/c1-3-4-8-13-10(15-14-8)11(19)16-6-12(2,7-16)20-5-9(17)18/h3-7H2,1-2H3,(H,17,18)(H,13,14,15). The molecule has 0 aromatic carbocycles. The van der Waals surface area contributed by atoms with Gasteiger partial charge in [0.25, 0.3) is 5.91 Å². The molecule has 1 aliphatic heterocycles. The number of rotatable bonds is 6. The van der Waals surface area contributed by atoms with Gasteiger partial charge in [0.05, 0.1) is 13.1 Å². The Bertz CT molecular complexity index is 507. The van der Waals surface area contributed by atoms with E-state index in [0.717, 1.165) is 12.8 Å². The maximum Gasteiger partial charge on any atom is 0.329 e. The Morgan fingerprint density at radius 1 is 1.50 bits per heavy atom. The van der Waals surface area contributed by atoms with E-state index in [1.807, 2.05) is 6.92 Å². The van der Waals surface area contributed by atoms with Gasteiger partial charge in [-0.2, -0.15) is 0 Å². The third kappa shape index (κ3) is 3.13. The highest BCUT2D eigenvalue weighted by atomic mass is 16.5. The van der Waals surface area contributed by atoms with Crippen molar-refractivity contribution in [2.24, 2.45) is 0 Å². The second-order valence-corrected chi connectivity index (χ2v) is 5.15. The van der Waals surface area contributed by atoms with Crippen LogP contribution in [0.5, 0.6) is 0 Å². The molecular weight excluding hydrogens is 264 g/mol. The van der Waals surface area contributed by atoms with E-state index < -0.39 is 11.6 Å². The fourth-order valence-electron chi connectivity index (χ4n) is 2.11. The second-order valence-electron chi connectivity index (χ2n) is 5.15. The number of carboxylic acid groups (broad SMARTS) is 1. The summed E-state index contributed by atoms with van der Waals surface area (Å²) < 4.78 is 5.24. The zero-order valence-corrected chi connectivity index (χ0v) is 11.5. The van der Waals surface area contributed by atoms with Crippen LogP contribution < -0.4 is 0 Å². The molecule has 1 aromatic heterocycles. The number of carbonyl (C=O) groups excluding carboxylic acids is 1. The Labute approximate surface area is 116 Å². The van der Waals surface area contributed by atoms with Gasteiger partial charge in [-0.25, -0.2) is 9.78 Å². The molecule has 2 N–H and O–H groups in total. The lowest BCUT2D eigenvalue weighted by Crippen LogP contribution is -2.63. The summed E-state index contributed by atoms with van der Waals surface area (Å²) in [5, 5.41) is 15.2. The average molecular weight is 282 g/mol. The Morgan fingerprint density at radius 2 is 2.20 bits per heavy atom. The smallest absolute Gasteiger partial charge is 0.329 e. The minimum absolute atomic E-state index is 0.147. The molecule has 1 saturated heterocycles. The first-order chi connectivity index (χ1) is 9.43. The fraction of sp³-hybridized carbons (Fsp3) is 0.667. The first kappa shape index (κ1) is 14.4. The lowest BCUT2D eigenvalue weighted by Gasteiger charge is -2.46. The van der Waals surface area contributed by atoms with E-state index in [1.54, 1.807) is 11.8 Å². The Morgan fingerprint density at radius 3 is 2.80 bits per heavy atom. The molecule has 0 aliphatic carbocycles. The van der Waals surface area contributed by atoms with Crippen LogP contribution in [0, 0.1) is 0 Å². The summed E-state index contributed by atoms with van der Waals surface area (Å²) in [5.41, 5.74) is -0.601. The number of aryl methyl sites for hydroxylation is 1. The van der Waals surface area contributed by atoms with E-state index >= 15 is 0 Å². The van der Waals surface area contributed by atoms with E-state index in [1.165, 1.54) is 0 Å². The molecule has 0 atom stereocenters. The van der Waals surface area contributed by atoms with Crippen molar-refractivity contribution in [3.05, 3.63) is 11.6 Å². The highest BCUT2D eigenvalue weighted by molar-refractivity contribution is 5.91. The third-order valence-electron chi connectivity index (χ3n) is 3.09. The van der Waals surface area contributed by atoms with E-state index in [4.69, 9.17) is 9.84 Å². The number of aromatic nitrogens is 3. The molecule has 2 rings (SSSR count). The highest BCUT2D eigenvalue weighted by Crippen LogP contribution is 2.25. The van der Waals surface area contributed by atoms with Gasteiger partial charge in [-0.05, 0) is 13.3 Å². The predicted molar refractivity (Wildman–Crippen MR) is 68.3 cm³/mol. The molecule has 1 amide bonds. The van der Waals surface area contributed by atoms with Crippen LogP contribution in [0.25, 0.3) is 0 Å². The van der Waals surface area contributed by atoms with Crippen LogP contribution in [0.4, 0.5) is 0 Å². The summed E-state index contributed by atoms with van der Waals surface area (Å²) in [6, 6.07) is 0. The number of carbonyl (C=O) groups is 2. The van der Waals surface area contributed by atoms with E-state index in [9.17, 15) is 9.59 Å². The average Bonchev–Trinajstić information content (AvgIpc) is 2.81. The topological polar surface area (TPSA) is 108 Å². The number of H-pyrrole nitrogens is 1. The zero-order chi connectivity index (χ0) is 14.8. The maximum atomic E-state index is 12.1. The minimum Gasteiger partial charge on any atom is -0.480 e. The largest absolute Gasteiger partial charge is 0.480 e. The molecule has 0 radical (unpaired) electrons. The van der Waals surface area contributed by atoms with Crippen LogP contribution in [0.3, 0.4) is 0 Å². The normalized spacial score (nSPS) is 16.8. The number of nitrogens with one attached hydrogen (secondary N) is 1. The van der Waals surface area contributed by atoms with E-state index in [0.29, 0.717) is 18.9 Å². The Hall–Kier alpha value is -1.96. The summed E-state index contributed by atoms with van der Waals surface area (Å²) in [6.45, 7) is 4.12. The quantitative estimate of drug-likeness (QED) is 0.764. The molecule has 20 heavy (non-hydrogen) atoms. The van der Waals surface area contributed by atoms with E-state index in [-0.39, 0.29) is 18.3 Å². The lowest BCUT2D eigenvalue weighted by atomic mass is 9.96. The molecule has 0 saturated carbocycles. The van der Waals surface area contributed by atoms with Gasteiger partial charge in [0, 0.05) is 6.42 Å². The van der Waals surface area contributed by atoms with Crippen molar-refractivity contribution < 1.29 is 19.4 Å². The van der Waals surface area contributed by atoms with Gasteiger partial charge in [0.1, 0.15) is 18.0 Å². The second kappa shape index (κ2) is 5.58. The highest BCUT2D eigenvalue weighted by Gasteiger charge is 2.43. The van der Waals surface area contributed by atoms with Gasteiger partial charge in [-0.15, -0.1) is 5.10 Å². The molecule has 1 aliphatic rings. The molecule has 1 fully saturated rings. The Balaban J connectivity index is 1.87. The van der Waals surface area contributed by atoms with Gasteiger partial charge in [0.2, 0.25) is 5.82 Å². The maximum absolute atomic E-state index is 12.1. The molecule has 110 valence electrons. The monoisotopic (exact) mass is 282 g/mol. The van der Waals surface area contributed by atoms with Crippen molar-refractivity contribution >= 4 is 11.9 Å². The summed E-state index contributed by atoms with van der Waals surface area (Å²) in [4.78, 5) is 28.2. The fourth-order valence-corrected chi connectivity index (χ4v) is 2.11. The Kier molecular flexibility index (Phi) is 4.03. The summed E-state index contributed by atoms with van der Waals surface area (Å²) >= 11 is 0. The van der Waals surface area contributed by atoms with Crippen molar-refractivity contribution in [2.45, 2.75) is 32.3 Å². The lowest BCUT2D eigenvalue weighted by molar-refractivity contribution is -0.160. The van der Waals surface area contributed by atoms with Crippen LogP contribution in [0.1, 0.15) is 36.7 Å². The number of ether oxygens (including phenoxy) is 1. The number of aliphatic carboxylic acids is 1. The summed E-state index contributed by atoms with van der Waals surface area (Å²) in [5.74, 6) is -0.441. The van der Waals surface area contributed by atoms with Gasteiger partial charge in [-0.1, -0.05) is 6.92 Å². The number of aromatic amines is 1. The van der Waals surface area contributed by atoms with Crippen LogP contribution in [-0.2, 0) is 16.0 Å². The number of carboxylic acids is 1. The van der Waals surface area contributed by atoms with Crippen LogP contribution in [0.2, 0.25) is 0 Å². The van der Waals surface area contributed by atoms with Crippen molar-refractivity contribution in [3.63, 3.8) is 0 Å². The first-order valence-electron chi connectivity index (χ1n) is 6.50. The van der Waals surface area contributed by atoms with Crippen LogP contribution >= 0.6 is 0 Å². The molecule has 1 aromatic rings. The van der Waals surface area contributed by atoms with Crippen molar-refractivity contribution in [1.82, 2.24) is 20.1 Å². The number of likely N-dealkylation sites (tertiary alicyclic amines) is 1. The number of nitrogens with zero attached hydrogens (tertiary/aromatic N) is 3. The molecule has 2 heterocycles. The van der Waals surface area contributed by atoms with Crippen molar-refractivity contribution in [2.75, 3.05) is 19.7 Å². The van der Waals surface area contributed by atoms with E-state index in [2.05, 4.69) is 15.2 Å². The summed E-state index contributed by atoms with van der Waals surface area (Å²) in [7, 11) is 0. The molecular formula is C12H18N4O4. The van der Waals surface area contributed by atoms with Gasteiger partial charge in [0.15, 0.2) is 0 Å². The van der Waals surface area contributed by atoms with Crippen LogP contribution in [-0.4, -0.2) is 62.4 Å². The number of amides is 1. The van der Waals surface area contributed by atoms with Gasteiger partial charge < -0.3 is 14.7 Å². The summed E-state index contributed by atoms with van der Waals surface area (Å²) in [6.07, 6.45) is 1.67. The van der Waals surface area contributed by atoms with Crippen molar-refractivity contribution in [1.29, 1.82) is 0 Å². The molecule has 8 heteroatoms. The molecule has 0 spiro atoms. The van der Waals surface area contributed by atoms with Gasteiger partial charge in [-0.3, -0.25) is 9.89 Å². The predicted octanol–water partition coefficient (Wildman–Crippen LogP) is 0.0729. The SMILES string of the molecule is CCCc1nc(C(=O)N2CC(C)(OCC(=O)O)C2)n[nH]1. The van der Waals surface area contributed by atoms with Gasteiger partial charge >= 0.3 is 5.97 Å². The number of hydrogen-bond donors (Lipinski definition) is 2. The van der Waals surface area contributed by atoms with Crippen molar-refractivity contribution in [3.8, 4) is 0 Å².